The van der Waals surface area contributed by atoms with Crippen molar-refractivity contribution in [2.75, 3.05) is 6.61 Å². The molecule has 0 heterocycles. The van der Waals surface area contributed by atoms with E-state index in [0.717, 1.165) is 5.92 Å². The van der Waals surface area contributed by atoms with Gasteiger partial charge in [0.1, 0.15) is 0 Å². The molecule has 0 aromatic heterocycles. The number of benzene rings is 1. The lowest BCUT2D eigenvalue weighted by Crippen LogP contribution is -2.01. The Morgan fingerprint density at radius 1 is 1.31 bits per heavy atom. The third kappa shape index (κ3) is 2.50. The molecule has 1 radical (unpaired) electrons. The second kappa shape index (κ2) is 4.52. The van der Waals surface area contributed by atoms with Gasteiger partial charge in [0.05, 0.1) is 16.7 Å². The van der Waals surface area contributed by atoms with Gasteiger partial charge in [0.15, 0.2) is 0 Å². The second-order valence-electron chi connectivity index (χ2n) is 2.69. The molecule has 71 valence electrons. The zero-order valence-corrected chi connectivity index (χ0v) is 9.21. The van der Waals surface area contributed by atoms with Crippen molar-refractivity contribution in [3.63, 3.8) is 0 Å². The van der Waals surface area contributed by atoms with Gasteiger partial charge in [-0.15, -0.1) is 0 Å². The molecule has 0 amide bonds. The maximum atomic E-state index is 8.91. The molecule has 13 heavy (non-hydrogen) atoms. The molecule has 0 bridgehead atoms. The van der Waals surface area contributed by atoms with Gasteiger partial charge in [0.25, 0.3) is 0 Å². The van der Waals surface area contributed by atoms with E-state index in [9.17, 15) is 0 Å². The largest absolute Gasteiger partial charge is 0.395 e. The standard InChI is InChI=1S/C9H8Cl3O/c1-5(4-13)7-2-6(10)3-8(11)9(7)12/h2-3,13H,4H2,1H3. The lowest BCUT2D eigenvalue weighted by molar-refractivity contribution is 0.315. The number of aliphatic hydroxyl groups is 1. The van der Waals surface area contributed by atoms with Crippen LogP contribution in [0.5, 0.6) is 0 Å². The average Bonchev–Trinajstić information content (AvgIpc) is 2.10. The predicted molar refractivity (Wildman–Crippen MR) is 56.6 cm³/mol. The fourth-order valence-electron chi connectivity index (χ4n) is 0.952. The summed E-state index contributed by atoms with van der Waals surface area (Å²) in [4.78, 5) is 0. The third-order valence-corrected chi connectivity index (χ3v) is 2.71. The summed E-state index contributed by atoms with van der Waals surface area (Å²) in [6, 6.07) is 3.25. The van der Waals surface area contributed by atoms with Gasteiger partial charge < -0.3 is 5.11 Å². The molecule has 1 N–H and O–H groups in total. The molecule has 0 atom stereocenters. The summed E-state index contributed by atoms with van der Waals surface area (Å²) in [5.41, 5.74) is 0.696. The van der Waals surface area contributed by atoms with E-state index >= 15 is 0 Å². The van der Waals surface area contributed by atoms with Gasteiger partial charge in [0, 0.05) is 10.9 Å². The first-order valence-electron chi connectivity index (χ1n) is 3.64. The number of rotatable bonds is 2. The van der Waals surface area contributed by atoms with E-state index < -0.39 is 0 Å². The number of aliphatic hydroxyl groups excluding tert-OH is 1. The van der Waals surface area contributed by atoms with E-state index in [0.29, 0.717) is 20.6 Å². The number of hydrogen-bond acceptors (Lipinski definition) is 1. The SMILES string of the molecule is C[C](CO)c1cc(Cl)cc(Cl)c1Cl. The molecule has 0 aliphatic rings. The molecular weight excluding hydrogens is 230 g/mol. The van der Waals surface area contributed by atoms with Gasteiger partial charge >= 0.3 is 0 Å². The maximum absolute atomic E-state index is 8.91. The van der Waals surface area contributed by atoms with Crippen molar-refractivity contribution < 1.29 is 5.11 Å². The van der Waals surface area contributed by atoms with Gasteiger partial charge in [-0.1, -0.05) is 41.7 Å². The molecule has 0 aliphatic heterocycles. The molecule has 0 saturated heterocycles. The molecule has 1 aromatic rings. The summed E-state index contributed by atoms with van der Waals surface area (Å²) < 4.78 is 0. The minimum absolute atomic E-state index is 0.0591. The van der Waals surface area contributed by atoms with Crippen molar-refractivity contribution in [3.8, 4) is 0 Å². The summed E-state index contributed by atoms with van der Waals surface area (Å²) in [6.07, 6.45) is 0. The Morgan fingerprint density at radius 2 is 1.92 bits per heavy atom. The normalized spacial score (nSPS) is 10.9. The highest BCUT2D eigenvalue weighted by molar-refractivity contribution is 6.43. The zero-order valence-electron chi connectivity index (χ0n) is 6.94. The predicted octanol–water partition coefficient (Wildman–Crippen LogP) is 3.58. The molecule has 0 saturated carbocycles. The molecule has 1 aromatic carbocycles. The second-order valence-corrected chi connectivity index (χ2v) is 3.91. The minimum Gasteiger partial charge on any atom is -0.395 e. The fraction of sp³-hybridized carbons (Fsp3) is 0.222. The summed E-state index contributed by atoms with van der Waals surface area (Å²) in [7, 11) is 0. The molecule has 0 fully saturated rings. The van der Waals surface area contributed by atoms with Crippen LogP contribution in [0.4, 0.5) is 0 Å². The monoisotopic (exact) mass is 237 g/mol. The van der Waals surface area contributed by atoms with Crippen LogP contribution in [0.25, 0.3) is 0 Å². The summed E-state index contributed by atoms with van der Waals surface area (Å²) in [6.45, 7) is 1.71. The van der Waals surface area contributed by atoms with Crippen molar-refractivity contribution in [2.45, 2.75) is 6.92 Å². The smallest absolute Gasteiger partial charge is 0.0632 e. The highest BCUT2D eigenvalue weighted by Gasteiger charge is 2.12. The van der Waals surface area contributed by atoms with Crippen molar-refractivity contribution in [1.82, 2.24) is 0 Å². The average molecular weight is 239 g/mol. The van der Waals surface area contributed by atoms with Gasteiger partial charge in [-0.05, 0) is 17.7 Å². The number of hydrogen-bond donors (Lipinski definition) is 1. The summed E-state index contributed by atoms with van der Waals surface area (Å²) >= 11 is 17.5. The lowest BCUT2D eigenvalue weighted by Gasteiger charge is -2.11. The van der Waals surface area contributed by atoms with Crippen LogP contribution in [-0.2, 0) is 0 Å². The Kier molecular flexibility index (Phi) is 3.87. The van der Waals surface area contributed by atoms with Gasteiger partial charge in [-0.2, -0.15) is 0 Å². The topological polar surface area (TPSA) is 20.2 Å². The summed E-state index contributed by atoms with van der Waals surface area (Å²) in [5, 5.41) is 10.3. The van der Waals surface area contributed by atoms with Crippen LogP contribution in [-0.4, -0.2) is 11.7 Å². The van der Waals surface area contributed by atoms with E-state index in [-0.39, 0.29) is 6.61 Å². The van der Waals surface area contributed by atoms with E-state index in [1.54, 1.807) is 19.1 Å². The van der Waals surface area contributed by atoms with Crippen LogP contribution >= 0.6 is 34.8 Å². The molecule has 0 aliphatic carbocycles. The van der Waals surface area contributed by atoms with Crippen LogP contribution in [0.3, 0.4) is 0 Å². The first-order chi connectivity index (χ1) is 6.06. The van der Waals surface area contributed by atoms with E-state index in [1.165, 1.54) is 0 Å². The lowest BCUT2D eigenvalue weighted by atomic mass is 10.0. The fourth-order valence-corrected chi connectivity index (χ4v) is 1.72. The Balaban J connectivity index is 3.20. The van der Waals surface area contributed by atoms with Crippen molar-refractivity contribution in [1.29, 1.82) is 0 Å². The third-order valence-electron chi connectivity index (χ3n) is 1.69. The maximum Gasteiger partial charge on any atom is 0.0632 e. The molecule has 0 spiro atoms. The van der Waals surface area contributed by atoms with Gasteiger partial charge in [-0.25, -0.2) is 0 Å². The Bertz CT molecular complexity index is 312. The van der Waals surface area contributed by atoms with Crippen LogP contribution in [0.1, 0.15) is 12.5 Å². The minimum atomic E-state index is -0.0591. The zero-order chi connectivity index (χ0) is 10.0. The van der Waals surface area contributed by atoms with Gasteiger partial charge in [-0.3, -0.25) is 0 Å². The van der Waals surface area contributed by atoms with Crippen molar-refractivity contribution >= 4 is 34.8 Å². The van der Waals surface area contributed by atoms with E-state index in [1.807, 2.05) is 0 Å². The van der Waals surface area contributed by atoms with E-state index in [4.69, 9.17) is 39.9 Å². The molecule has 0 unspecified atom stereocenters. The summed E-state index contributed by atoms with van der Waals surface area (Å²) in [5.74, 6) is 0.745. The first-order valence-corrected chi connectivity index (χ1v) is 4.78. The number of halogens is 3. The first kappa shape index (κ1) is 11.1. The Hall–Kier alpha value is 0.0500. The van der Waals surface area contributed by atoms with Crippen LogP contribution < -0.4 is 0 Å². The van der Waals surface area contributed by atoms with Crippen LogP contribution in [0, 0.1) is 5.92 Å². The Labute approximate surface area is 92.2 Å². The van der Waals surface area contributed by atoms with E-state index in [2.05, 4.69) is 0 Å². The highest BCUT2D eigenvalue weighted by atomic mass is 35.5. The molecular formula is C9H8Cl3O. The van der Waals surface area contributed by atoms with Crippen LogP contribution in [0.15, 0.2) is 12.1 Å². The van der Waals surface area contributed by atoms with Crippen molar-refractivity contribution in [2.24, 2.45) is 0 Å². The quantitative estimate of drug-likeness (QED) is 0.781. The van der Waals surface area contributed by atoms with Crippen molar-refractivity contribution in [3.05, 3.63) is 38.7 Å². The molecule has 1 rings (SSSR count). The highest BCUT2D eigenvalue weighted by Crippen LogP contribution is 2.33. The Morgan fingerprint density at radius 3 is 2.46 bits per heavy atom. The van der Waals surface area contributed by atoms with Gasteiger partial charge in [0.2, 0.25) is 0 Å². The van der Waals surface area contributed by atoms with Crippen LogP contribution in [0.2, 0.25) is 15.1 Å². The molecule has 4 heteroatoms. The molecule has 1 nitrogen and oxygen atoms in total.